The van der Waals surface area contributed by atoms with Crippen LogP contribution in [0.4, 0.5) is 0 Å². The molecule has 2 fully saturated rings. The number of piperidine rings is 1. The first kappa shape index (κ1) is 12.8. The van der Waals surface area contributed by atoms with Crippen LogP contribution in [0.2, 0.25) is 0 Å². The summed E-state index contributed by atoms with van der Waals surface area (Å²) >= 11 is 0. The van der Waals surface area contributed by atoms with Gasteiger partial charge in [-0.2, -0.15) is 0 Å². The van der Waals surface area contributed by atoms with Crippen molar-refractivity contribution in [2.24, 2.45) is 5.92 Å². The molecule has 1 N–H and O–H groups in total. The molecule has 0 saturated carbocycles. The zero-order valence-corrected chi connectivity index (χ0v) is 10.8. The Morgan fingerprint density at radius 3 is 2.53 bits per heavy atom. The quantitative estimate of drug-likeness (QED) is 0.751. The second kappa shape index (κ2) is 5.36. The number of hydrogen-bond donors (Lipinski definition) is 1. The molecule has 3 unspecified atom stereocenters. The zero-order valence-electron chi connectivity index (χ0n) is 10.8. The van der Waals surface area contributed by atoms with Crippen LogP contribution < -0.4 is 0 Å². The third-order valence-corrected chi connectivity index (χ3v) is 4.03. The maximum atomic E-state index is 11.6. The molecule has 0 amide bonds. The Hall–Kier alpha value is -0.610. The molecule has 2 bridgehead atoms. The van der Waals surface area contributed by atoms with Crippen molar-refractivity contribution in [2.75, 3.05) is 13.2 Å². The van der Waals surface area contributed by atoms with Crippen molar-refractivity contribution in [2.45, 2.75) is 57.7 Å². The standard InChI is InChI=1S/C13H23NO3/c1-3-17-13(16)9(2)8-14-10-4-5-11(14)7-12(15)6-10/h9-12,15H,3-8H2,1-2H3. The number of hydrogen-bond acceptors (Lipinski definition) is 4. The van der Waals surface area contributed by atoms with E-state index in [1.165, 1.54) is 0 Å². The summed E-state index contributed by atoms with van der Waals surface area (Å²) in [6, 6.07) is 0.946. The molecule has 98 valence electrons. The Balaban J connectivity index is 1.89. The van der Waals surface area contributed by atoms with Crippen LogP contribution in [0, 0.1) is 5.92 Å². The molecule has 2 aliphatic rings. The fourth-order valence-electron chi connectivity index (χ4n) is 3.22. The molecular weight excluding hydrogens is 218 g/mol. The molecule has 0 aromatic carbocycles. The molecule has 2 rings (SSSR count). The van der Waals surface area contributed by atoms with Gasteiger partial charge in [-0.15, -0.1) is 0 Å². The van der Waals surface area contributed by atoms with Crippen molar-refractivity contribution in [3.63, 3.8) is 0 Å². The lowest BCUT2D eigenvalue weighted by Gasteiger charge is -2.38. The first-order chi connectivity index (χ1) is 8.11. The lowest BCUT2D eigenvalue weighted by atomic mass is 9.98. The van der Waals surface area contributed by atoms with Crippen LogP contribution in [0.15, 0.2) is 0 Å². The minimum atomic E-state index is -0.137. The molecule has 2 saturated heterocycles. The summed E-state index contributed by atoms with van der Waals surface area (Å²) in [7, 11) is 0. The maximum absolute atomic E-state index is 11.6. The summed E-state index contributed by atoms with van der Waals surface area (Å²) in [6.45, 7) is 5.00. The summed E-state index contributed by atoms with van der Waals surface area (Å²) in [5.74, 6) is -0.161. The van der Waals surface area contributed by atoms with E-state index in [4.69, 9.17) is 4.74 Å². The van der Waals surface area contributed by atoms with E-state index in [1.807, 2.05) is 13.8 Å². The number of fused-ring (bicyclic) bond motifs is 2. The van der Waals surface area contributed by atoms with Gasteiger partial charge in [0.2, 0.25) is 0 Å². The molecule has 0 aromatic rings. The Labute approximate surface area is 103 Å². The Bertz CT molecular complexity index is 268. The zero-order chi connectivity index (χ0) is 12.4. The minimum Gasteiger partial charge on any atom is -0.466 e. The normalized spacial score (nSPS) is 34.6. The molecule has 3 atom stereocenters. The summed E-state index contributed by atoms with van der Waals surface area (Å²) in [5, 5.41) is 9.72. The van der Waals surface area contributed by atoms with Gasteiger partial charge >= 0.3 is 5.97 Å². The van der Waals surface area contributed by atoms with Gasteiger partial charge in [0.15, 0.2) is 0 Å². The van der Waals surface area contributed by atoms with Gasteiger partial charge in [-0.05, 0) is 32.6 Å². The van der Waals surface area contributed by atoms with E-state index in [0.717, 1.165) is 32.2 Å². The van der Waals surface area contributed by atoms with Gasteiger partial charge in [0.05, 0.1) is 18.6 Å². The monoisotopic (exact) mass is 241 g/mol. The SMILES string of the molecule is CCOC(=O)C(C)CN1C2CCC1CC(O)C2. The maximum Gasteiger partial charge on any atom is 0.309 e. The van der Waals surface area contributed by atoms with Gasteiger partial charge in [0.1, 0.15) is 0 Å². The number of carbonyl (C=O) groups excluding carboxylic acids is 1. The van der Waals surface area contributed by atoms with Crippen molar-refractivity contribution in [3.05, 3.63) is 0 Å². The average molecular weight is 241 g/mol. The molecule has 2 heterocycles. The van der Waals surface area contributed by atoms with Gasteiger partial charge in [-0.3, -0.25) is 9.69 Å². The molecule has 4 heteroatoms. The topological polar surface area (TPSA) is 49.8 Å². The number of rotatable bonds is 4. The highest BCUT2D eigenvalue weighted by atomic mass is 16.5. The molecule has 0 aliphatic carbocycles. The average Bonchev–Trinajstić information content (AvgIpc) is 2.52. The highest BCUT2D eigenvalue weighted by molar-refractivity contribution is 5.72. The molecule has 17 heavy (non-hydrogen) atoms. The fourth-order valence-corrected chi connectivity index (χ4v) is 3.22. The van der Waals surface area contributed by atoms with Crippen LogP contribution in [0.3, 0.4) is 0 Å². The first-order valence-corrected chi connectivity index (χ1v) is 6.72. The summed E-state index contributed by atoms with van der Waals surface area (Å²) < 4.78 is 5.04. The predicted octanol–water partition coefficient (Wildman–Crippen LogP) is 1.17. The number of carbonyl (C=O) groups is 1. The minimum absolute atomic E-state index is 0.0618. The van der Waals surface area contributed by atoms with Crippen LogP contribution in [0.5, 0.6) is 0 Å². The van der Waals surface area contributed by atoms with Gasteiger partial charge < -0.3 is 9.84 Å². The number of aliphatic hydroxyl groups excluding tert-OH is 1. The van der Waals surface area contributed by atoms with Crippen LogP contribution in [-0.4, -0.2) is 47.3 Å². The largest absolute Gasteiger partial charge is 0.466 e. The Kier molecular flexibility index (Phi) is 4.05. The van der Waals surface area contributed by atoms with E-state index in [0.29, 0.717) is 18.7 Å². The molecular formula is C13H23NO3. The van der Waals surface area contributed by atoms with Crippen LogP contribution in [0.1, 0.15) is 39.5 Å². The van der Waals surface area contributed by atoms with E-state index >= 15 is 0 Å². The van der Waals surface area contributed by atoms with E-state index in [2.05, 4.69) is 4.90 Å². The van der Waals surface area contributed by atoms with E-state index in [-0.39, 0.29) is 18.0 Å². The number of esters is 1. The lowest BCUT2D eigenvalue weighted by molar-refractivity contribution is -0.148. The highest BCUT2D eigenvalue weighted by Crippen LogP contribution is 2.36. The summed E-state index contributed by atoms with van der Waals surface area (Å²) in [4.78, 5) is 14.0. The highest BCUT2D eigenvalue weighted by Gasteiger charge is 2.41. The van der Waals surface area contributed by atoms with Gasteiger partial charge in [0.25, 0.3) is 0 Å². The fraction of sp³-hybridized carbons (Fsp3) is 0.923. The second-order valence-electron chi connectivity index (χ2n) is 5.36. The Morgan fingerprint density at radius 2 is 2.00 bits per heavy atom. The molecule has 2 aliphatic heterocycles. The number of aliphatic hydroxyl groups is 1. The van der Waals surface area contributed by atoms with Gasteiger partial charge in [0, 0.05) is 18.6 Å². The van der Waals surface area contributed by atoms with Crippen molar-refractivity contribution >= 4 is 5.97 Å². The van der Waals surface area contributed by atoms with Crippen molar-refractivity contribution < 1.29 is 14.6 Å². The summed E-state index contributed by atoms with van der Waals surface area (Å²) in [5.41, 5.74) is 0. The van der Waals surface area contributed by atoms with E-state index in [1.54, 1.807) is 0 Å². The first-order valence-electron chi connectivity index (χ1n) is 6.72. The molecule has 4 nitrogen and oxygen atoms in total. The third-order valence-electron chi connectivity index (χ3n) is 4.03. The van der Waals surface area contributed by atoms with Crippen molar-refractivity contribution in [1.82, 2.24) is 4.90 Å². The smallest absolute Gasteiger partial charge is 0.309 e. The van der Waals surface area contributed by atoms with E-state index in [9.17, 15) is 9.90 Å². The predicted molar refractivity (Wildman–Crippen MR) is 64.6 cm³/mol. The molecule has 0 radical (unpaired) electrons. The third kappa shape index (κ3) is 2.80. The Morgan fingerprint density at radius 1 is 1.41 bits per heavy atom. The van der Waals surface area contributed by atoms with Gasteiger partial charge in [-0.25, -0.2) is 0 Å². The van der Waals surface area contributed by atoms with E-state index < -0.39 is 0 Å². The van der Waals surface area contributed by atoms with Crippen LogP contribution >= 0.6 is 0 Å². The van der Waals surface area contributed by atoms with Crippen LogP contribution in [-0.2, 0) is 9.53 Å². The van der Waals surface area contributed by atoms with Crippen molar-refractivity contribution in [1.29, 1.82) is 0 Å². The van der Waals surface area contributed by atoms with Crippen LogP contribution in [0.25, 0.3) is 0 Å². The lowest BCUT2D eigenvalue weighted by Crippen LogP contribution is -2.47. The second-order valence-corrected chi connectivity index (χ2v) is 5.36. The molecule has 0 spiro atoms. The number of ether oxygens (including phenoxy) is 1. The number of nitrogens with zero attached hydrogens (tertiary/aromatic N) is 1. The van der Waals surface area contributed by atoms with Crippen molar-refractivity contribution in [3.8, 4) is 0 Å². The summed E-state index contributed by atoms with van der Waals surface area (Å²) in [6.07, 6.45) is 3.92. The van der Waals surface area contributed by atoms with Gasteiger partial charge in [-0.1, -0.05) is 6.92 Å². The molecule has 0 aromatic heterocycles.